The van der Waals surface area contributed by atoms with Crippen LogP contribution in [0, 0.1) is 5.41 Å². The molecule has 1 amide bonds. The highest BCUT2D eigenvalue weighted by atomic mass is 32.2. The highest BCUT2D eigenvalue weighted by molar-refractivity contribution is 8.00. The van der Waals surface area contributed by atoms with Crippen LogP contribution in [0.25, 0.3) is 0 Å². The lowest BCUT2D eigenvalue weighted by Gasteiger charge is -2.28. The largest absolute Gasteiger partial charge is 0.497 e. The second-order valence-corrected chi connectivity index (χ2v) is 7.24. The Labute approximate surface area is 147 Å². The molecule has 0 bridgehead atoms. The van der Waals surface area contributed by atoms with Crippen molar-refractivity contribution in [1.29, 1.82) is 0 Å². The predicted molar refractivity (Wildman–Crippen MR) is 85.6 cm³/mol. The van der Waals surface area contributed by atoms with Gasteiger partial charge in [0.05, 0.1) is 12.4 Å². The molecular formula is C16H18F3NO4S. The topological polar surface area (TPSA) is 66.8 Å². The lowest BCUT2D eigenvalue weighted by atomic mass is 9.86. The fourth-order valence-corrected chi connectivity index (χ4v) is 3.64. The van der Waals surface area contributed by atoms with E-state index < -0.39 is 41.7 Å². The zero-order valence-electron chi connectivity index (χ0n) is 13.7. The lowest BCUT2D eigenvalue weighted by molar-refractivity contribution is -0.227. The highest BCUT2D eigenvalue weighted by Gasteiger charge is 2.64. The zero-order valence-corrected chi connectivity index (χ0v) is 14.5. The maximum Gasteiger partial charge on any atom is 0.406 e. The van der Waals surface area contributed by atoms with Gasteiger partial charge >= 0.3 is 12.1 Å². The van der Waals surface area contributed by atoms with Crippen molar-refractivity contribution in [3.05, 3.63) is 24.3 Å². The number of likely N-dealkylation sites (tertiary alicyclic amines) is 1. The van der Waals surface area contributed by atoms with Gasteiger partial charge in [-0.25, -0.2) is 0 Å². The van der Waals surface area contributed by atoms with E-state index in [0.717, 1.165) is 9.80 Å². The number of carbonyl (C=O) groups excluding carboxylic acids is 1. The van der Waals surface area contributed by atoms with Gasteiger partial charge in [-0.05, 0) is 37.6 Å². The van der Waals surface area contributed by atoms with Crippen molar-refractivity contribution in [3.8, 4) is 5.75 Å². The first kappa shape index (κ1) is 19.4. The molecule has 138 valence electrons. The van der Waals surface area contributed by atoms with Gasteiger partial charge in [0.1, 0.15) is 5.75 Å². The number of thioether (sulfide) groups is 1. The van der Waals surface area contributed by atoms with Crippen molar-refractivity contribution in [3.63, 3.8) is 0 Å². The minimum Gasteiger partial charge on any atom is -0.497 e. The molecule has 1 aromatic carbocycles. The van der Waals surface area contributed by atoms with Gasteiger partial charge < -0.3 is 14.7 Å². The van der Waals surface area contributed by atoms with Crippen molar-refractivity contribution in [2.24, 2.45) is 5.41 Å². The average Bonchev–Trinajstić information content (AvgIpc) is 3.01. The second kappa shape index (κ2) is 7.15. The number of carboxylic acids is 1. The molecule has 1 aromatic rings. The molecule has 2 atom stereocenters. The number of amides is 1. The number of carboxylic acid groups (broad SMARTS) is 1. The van der Waals surface area contributed by atoms with Crippen LogP contribution in [0.2, 0.25) is 0 Å². The van der Waals surface area contributed by atoms with Crippen molar-refractivity contribution < 1.29 is 32.6 Å². The Kier molecular flexibility index (Phi) is 5.55. The number of alkyl halides is 3. The Morgan fingerprint density at radius 1 is 1.32 bits per heavy atom. The van der Waals surface area contributed by atoms with E-state index in [4.69, 9.17) is 9.84 Å². The molecule has 1 saturated heterocycles. The minimum atomic E-state index is -4.90. The lowest BCUT2D eigenvalue weighted by Crippen LogP contribution is -2.48. The van der Waals surface area contributed by atoms with Crippen molar-refractivity contribution in [2.45, 2.75) is 29.7 Å². The maximum absolute atomic E-state index is 13.2. The Bertz CT molecular complexity index is 650. The van der Waals surface area contributed by atoms with E-state index >= 15 is 0 Å². The first-order valence-corrected chi connectivity index (χ1v) is 8.38. The predicted octanol–water partition coefficient (Wildman–Crippen LogP) is 3.04. The van der Waals surface area contributed by atoms with Gasteiger partial charge in [-0.3, -0.25) is 9.59 Å². The van der Waals surface area contributed by atoms with E-state index in [0.29, 0.717) is 5.75 Å². The summed E-state index contributed by atoms with van der Waals surface area (Å²) in [5, 5.41) is 8.41. The summed E-state index contributed by atoms with van der Waals surface area (Å²) in [5.74, 6) is -1.79. The Hall–Kier alpha value is -1.90. The van der Waals surface area contributed by atoms with Gasteiger partial charge in [0, 0.05) is 18.0 Å². The zero-order chi connectivity index (χ0) is 18.8. The number of halogens is 3. The summed E-state index contributed by atoms with van der Waals surface area (Å²) in [4.78, 5) is 25.4. The number of hydrogen-bond donors (Lipinski definition) is 1. The third-order valence-corrected chi connectivity index (χ3v) is 5.35. The molecule has 1 fully saturated rings. The van der Waals surface area contributed by atoms with Gasteiger partial charge in [0.25, 0.3) is 0 Å². The second-order valence-electron chi connectivity index (χ2n) is 5.83. The van der Waals surface area contributed by atoms with Gasteiger partial charge in [-0.2, -0.15) is 13.2 Å². The number of rotatable bonds is 5. The van der Waals surface area contributed by atoms with E-state index in [2.05, 4.69) is 0 Å². The Morgan fingerprint density at radius 3 is 2.36 bits per heavy atom. The molecule has 1 heterocycles. The van der Waals surface area contributed by atoms with E-state index in [-0.39, 0.29) is 6.54 Å². The summed E-state index contributed by atoms with van der Waals surface area (Å²) in [5.41, 5.74) is -2.88. The number of nitrogens with zero attached hydrogens (tertiary/aromatic N) is 1. The number of aliphatic carboxylic acids is 1. The summed E-state index contributed by atoms with van der Waals surface area (Å²) in [6, 6.07) is 6.92. The number of carbonyl (C=O) groups is 2. The summed E-state index contributed by atoms with van der Waals surface area (Å²) in [7, 11) is 1.52. The maximum atomic E-state index is 13.2. The van der Waals surface area contributed by atoms with Crippen LogP contribution in [0.4, 0.5) is 13.2 Å². The first-order valence-electron chi connectivity index (χ1n) is 7.50. The van der Waals surface area contributed by atoms with Crippen LogP contribution < -0.4 is 4.74 Å². The molecular weight excluding hydrogens is 359 g/mol. The van der Waals surface area contributed by atoms with E-state index in [1.807, 2.05) is 0 Å². The van der Waals surface area contributed by atoms with Gasteiger partial charge in [0.2, 0.25) is 5.91 Å². The van der Waals surface area contributed by atoms with E-state index in [9.17, 15) is 22.8 Å². The molecule has 25 heavy (non-hydrogen) atoms. The fourth-order valence-electron chi connectivity index (χ4n) is 2.69. The fraction of sp³-hybridized carbons (Fsp3) is 0.500. The molecule has 5 nitrogen and oxygen atoms in total. The highest BCUT2D eigenvalue weighted by Crippen LogP contribution is 2.46. The third-order valence-electron chi connectivity index (χ3n) is 4.25. The molecule has 2 rings (SSSR count). The summed E-state index contributed by atoms with van der Waals surface area (Å²) < 4.78 is 44.6. The van der Waals surface area contributed by atoms with Crippen LogP contribution in [0.15, 0.2) is 29.2 Å². The quantitative estimate of drug-likeness (QED) is 0.799. The van der Waals surface area contributed by atoms with Crippen LogP contribution in [-0.4, -0.2) is 53.5 Å². The summed E-state index contributed by atoms with van der Waals surface area (Å²) >= 11 is 1.20. The summed E-state index contributed by atoms with van der Waals surface area (Å²) in [6.45, 7) is 0.516. The standard InChI is InChI=1S/C16H18F3NO4S/c1-10(25-12-5-3-11(24-2)4-6-12)13(21)20-8-7-15(9-20,14(22)23)16(17,18)19/h3-6,10H,7-9H2,1-2H3,(H,22,23). The molecule has 0 radical (unpaired) electrons. The molecule has 9 heteroatoms. The Balaban J connectivity index is 2.06. The molecule has 1 aliphatic rings. The monoisotopic (exact) mass is 377 g/mol. The first-order chi connectivity index (χ1) is 11.6. The van der Waals surface area contributed by atoms with Crippen LogP contribution in [-0.2, 0) is 9.59 Å². The molecule has 0 spiro atoms. The van der Waals surface area contributed by atoms with E-state index in [1.54, 1.807) is 31.2 Å². The number of ether oxygens (including phenoxy) is 1. The van der Waals surface area contributed by atoms with Crippen LogP contribution in [0.3, 0.4) is 0 Å². The molecule has 0 aliphatic carbocycles. The van der Waals surface area contributed by atoms with E-state index in [1.165, 1.54) is 18.9 Å². The van der Waals surface area contributed by atoms with Gasteiger partial charge in [-0.15, -0.1) is 11.8 Å². The van der Waals surface area contributed by atoms with Crippen LogP contribution in [0.5, 0.6) is 5.75 Å². The molecule has 1 aliphatic heterocycles. The molecule has 0 aromatic heterocycles. The van der Waals surface area contributed by atoms with Crippen molar-refractivity contribution in [2.75, 3.05) is 20.2 Å². The summed E-state index contributed by atoms with van der Waals surface area (Å²) in [6.07, 6.45) is -5.53. The smallest absolute Gasteiger partial charge is 0.406 e. The minimum absolute atomic E-state index is 0.224. The van der Waals surface area contributed by atoms with Crippen LogP contribution in [0.1, 0.15) is 13.3 Å². The molecule has 2 unspecified atom stereocenters. The number of benzene rings is 1. The van der Waals surface area contributed by atoms with Gasteiger partial charge in [0.15, 0.2) is 5.41 Å². The molecule has 1 N–H and O–H groups in total. The average molecular weight is 377 g/mol. The SMILES string of the molecule is COc1ccc(SC(C)C(=O)N2CCC(C(=O)O)(C(F)(F)F)C2)cc1. The molecule has 0 saturated carbocycles. The normalized spacial score (nSPS) is 21.9. The van der Waals surface area contributed by atoms with Crippen molar-refractivity contribution in [1.82, 2.24) is 4.90 Å². The van der Waals surface area contributed by atoms with Crippen LogP contribution >= 0.6 is 11.8 Å². The number of hydrogen-bond acceptors (Lipinski definition) is 4. The Morgan fingerprint density at radius 2 is 1.92 bits per heavy atom. The number of methoxy groups -OCH3 is 1. The van der Waals surface area contributed by atoms with Crippen molar-refractivity contribution >= 4 is 23.6 Å². The van der Waals surface area contributed by atoms with Gasteiger partial charge in [-0.1, -0.05) is 0 Å². The third kappa shape index (κ3) is 3.86.